The van der Waals surface area contributed by atoms with Gasteiger partial charge < -0.3 is 9.64 Å². The van der Waals surface area contributed by atoms with Gasteiger partial charge in [0.2, 0.25) is 5.91 Å². The minimum atomic E-state index is -3.33. The Morgan fingerprint density at radius 3 is 2.31 bits per heavy atom. The maximum absolute atomic E-state index is 12.8. The topological polar surface area (TPSA) is 63.7 Å². The second-order valence-electron chi connectivity index (χ2n) is 7.43. The molecule has 156 valence electrons. The number of sulfone groups is 1. The van der Waals surface area contributed by atoms with Gasteiger partial charge in [0.15, 0.2) is 9.84 Å². The summed E-state index contributed by atoms with van der Waals surface area (Å²) in [4.78, 5) is 14.7. The molecule has 6 heteroatoms. The van der Waals surface area contributed by atoms with Crippen molar-refractivity contribution in [3.63, 3.8) is 0 Å². The largest absolute Gasteiger partial charge is 0.494 e. The Bertz CT molecular complexity index is 886. The number of aryl methyl sites for hydroxylation is 1. The number of benzene rings is 2. The first-order valence-electron chi connectivity index (χ1n) is 10.3. The minimum Gasteiger partial charge on any atom is -0.494 e. The molecule has 0 saturated carbocycles. The van der Waals surface area contributed by atoms with Gasteiger partial charge in [-0.05, 0) is 55.5 Å². The van der Waals surface area contributed by atoms with Gasteiger partial charge in [0.25, 0.3) is 0 Å². The molecular weight excluding hydrogens is 386 g/mol. The Morgan fingerprint density at radius 1 is 1.03 bits per heavy atom. The predicted octanol–water partition coefficient (Wildman–Crippen LogP) is 3.87. The zero-order chi connectivity index (χ0) is 20.7. The highest BCUT2D eigenvalue weighted by atomic mass is 32.2. The van der Waals surface area contributed by atoms with E-state index in [1.165, 1.54) is 0 Å². The van der Waals surface area contributed by atoms with Crippen LogP contribution in [0.3, 0.4) is 0 Å². The maximum Gasteiger partial charge on any atom is 0.222 e. The quantitative estimate of drug-likeness (QED) is 0.656. The molecule has 0 atom stereocenters. The molecule has 1 saturated heterocycles. The van der Waals surface area contributed by atoms with Crippen molar-refractivity contribution >= 4 is 15.7 Å². The van der Waals surface area contributed by atoms with Crippen LogP contribution in [0.1, 0.15) is 38.2 Å². The van der Waals surface area contributed by atoms with E-state index in [-0.39, 0.29) is 5.91 Å². The number of carbonyl (C=O) groups excluding carboxylic acids is 1. The second-order valence-corrected chi connectivity index (χ2v) is 9.66. The summed E-state index contributed by atoms with van der Waals surface area (Å²) >= 11 is 0. The van der Waals surface area contributed by atoms with Crippen LogP contribution in [0.5, 0.6) is 5.75 Å². The van der Waals surface area contributed by atoms with E-state index in [0.29, 0.717) is 50.3 Å². The highest BCUT2D eigenvalue weighted by Gasteiger charge is 2.32. The summed E-state index contributed by atoms with van der Waals surface area (Å²) in [5.74, 6) is 0.940. The van der Waals surface area contributed by atoms with Crippen molar-refractivity contribution < 1.29 is 17.9 Å². The molecule has 0 aromatic heterocycles. The minimum absolute atomic E-state index is 0.0897. The van der Waals surface area contributed by atoms with Crippen molar-refractivity contribution in [3.8, 4) is 5.75 Å². The molecule has 0 unspecified atom stereocenters. The van der Waals surface area contributed by atoms with Gasteiger partial charge in [-0.25, -0.2) is 8.42 Å². The normalized spacial score (nSPS) is 15.3. The van der Waals surface area contributed by atoms with Crippen LogP contribution in [-0.4, -0.2) is 44.2 Å². The third-order valence-electron chi connectivity index (χ3n) is 5.33. The lowest BCUT2D eigenvalue weighted by Gasteiger charge is -2.32. The average molecular weight is 416 g/mol. The van der Waals surface area contributed by atoms with Crippen molar-refractivity contribution in [2.24, 2.45) is 0 Å². The fourth-order valence-corrected chi connectivity index (χ4v) is 5.35. The van der Waals surface area contributed by atoms with Crippen LogP contribution in [0.25, 0.3) is 0 Å². The SMILES string of the molecule is CCCOc1ccc(CCC(=O)N2CCC(S(=O)(=O)c3ccccc3)CC2)cc1. The molecule has 2 aromatic rings. The van der Waals surface area contributed by atoms with Crippen LogP contribution in [0, 0.1) is 0 Å². The number of rotatable bonds is 8. The molecule has 2 aromatic carbocycles. The Balaban J connectivity index is 1.48. The monoisotopic (exact) mass is 415 g/mol. The van der Waals surface area contributed by atoms with E-state index < -0.39 is 15.1 Å². The molecule has 0 aliphatic carbocycles. The molecule has 0 bridgehead atoms. The Labute approximate surface area is 173 Å². The van der Waals surface area contributed by atoms with Gasteiger partial charge in [-0.1, -0.05) is 37.3 Å². The molecular formula is C23H29NO4S. The molecule has 1 heterocycles. The van der Waals surface area contributed by atoms with E-state index in [0.717, 1.165) is 17.7 Å². The number of amides is 1. The summed E-state index contributed by atoms with van der Waals surface area (Å²) in [6.07, 6.45) is 3.07. The highest BCUT2D eigenvalue weighted by Crippen LogP contribution is 2.25. The molecule has 29 heavy (non-hydrogen) atoms. The number of carbonyl (C=O) groups is 1. The Kier molecular flexibility index (Phi) is 7.31. The summed E-state index contributed by atoms with van der Waals surface area (Å²) in [5.41, 5.74) is 1.10. The van der Waals surface area contributed by atoms with Crippen LogP contribution in [-0.2, 0) is 21.1 Å². The lowest BCUT2D eigenvalue weighted by atomic mass is 10.1. The van der Waals surface area contributed by atoms with Crippen LogP contribution in [0.4, 0.5) is 0 Å². The first-order chi connectivity index (χ1) is 14.0. The number of hydrogen-bond acceptors (Lipinski definition) is 4. The first-order valence-corrected chi connectivity index (χ1v) is 11.8. The molecule has 1 aliphatic rings. The summed E-state index contributed by atoms with van der Waals surface area (Å²) in [5, 5.41) is -0.412. The molecule has 1 aliphatic heterocycles. The van der Waals surface area contributed by atoms with Crippen LogP contribution in [0.2, 0.25) is 0 Å². The van der Waals surface area contributed by atoms with Crippen molar-refractivity contribution in [1.29, 1.82) is 0 Å². The Hall–Kier alpha value is -2.34. The second kappa shape index (κ2) is 9.92. The summed E-state index contributed by atoms with van der Waals surface area (Å²) in [6.45, 7) is 3.77. The smallest absolute Gasteiger partial charge is 0.222 e. The van der Waals surface area contributed by atoms with Gasteiger partial charge in [0, 0.05) is 19.5 Å². The average Bonchev–Trinajstić information content (AvgIpc) is 2.77. The number of ether oxygens (including phenoxy) is 1. The van der Waals surface area contributed by atoms with Crippen molar-refractivity contribution in [2.45, 2.75) is 49.2 Å². The predicted molar refractivity (Wildman–Crippen MR) is 114 cm³/mol. The van der Waals surface area contributed by atoms with Gasteiger partial charge in [0.05, 0.1) is 16.8 Å². The van der Waals surface area contributed by atoms with E-state index >= 15 is 0 Å². The number of piperidine rings is 1. The molecule has 5 nitrogen and oxygen atoms in total. The van der Waals surface area contributed by atoms with E-state index in [9.17, 15) is 13.2 Å². The maximum atomic E-state index is 12.8. The number of nitrogens with zero attached hydrogens (tertiary/aromatic N) is 1. The fraction of sp³-hybridized carbons (Fsp3) is 0.435. The zero-order valence-corrected chi connectivity index (χ0v) is 17.7. The molecule has 1 amide bonds. The number of hydrogen-bond donors (Lipinski definition) is 0. The van der Waals surface area contributed by atoms with E-state index in [2.05, 4.69) is 6.92 Å². The standard InChI is InChI=1S/C23H29NO4S/c1-2-18-28-20-11-8-19(9-12-20)10-13-23(25)24-16-14-22(15-17-24)29(26,27)21-6-4-3-5-7-21/h3-9,11-12,22H,2,10,13-18H2,1H3. The van der Waals surface area contributed by atoms with E-state index in [1.54, 1.807) is 29.2 Å². The van der Waals surface area contributed by atoms with E-state index in [4.69, 9.17) is 4.74 Å². The summed E-state index contributed by atoms with van der Waals surface area (Å²) in [7, 11) is -3.33. The van der Waals surface area contributed by atoms with Gasteiger partial charge in [-0.2, -0.15) is 0 Å². The van der Waals surface area contributed by atoms with E-state index in [1.807, 2.05) is 30.3 Å². The fourth-order valence-electron chi connectivity index (χ4n) is 3.60. The van der Waals surface area contributed by atoms with Crippen molar-refractivity contribution in [1.82, 2.24) is 4.90 Å². The van der Waals surface area contributed by atoms with Crippen LogP contribution in [0.15, 0.2) is 59.5 Å². The molecule has 0 spiro atoms. The third kappa shape index (κ3) is 5.60. The number of likely N-dealkylation sites (tertiary alicyclic amines) is 1. The van der Waals surface area contributed by atoms with Gasteiger partial charge in [-0.3, -0.25) is 4.79 Å². The molecule has 0 N–H and O–H groups in total. The van der Waals surface area contributed by atoms with Crippen LogP contribution >= 0.6 is 0 Å². The first kappa shape index (κ1) is 21.4. The highest BCUT2D eigenvalue weighted by molar-refractivity contribution is 7.92. The van der Waals surface area contributed by atoms with Gasteiger partial charge in [0.1, 0.15) is 5.75 Å². The molecule has 1 fully saturated rings. The van der Waals surface area contributed by atoms with Crippen LogP contribution < -0.4 is 4.74 Å². The third-order valence-corrected chi connectivity index (χ3v) is 7.61. The summed E-state index contributed by atoms with van der Waals surface area (Å²) in [6, 6.07) is 16.5. The Morgan fingerprint density at radius 2 is 1.69 bits per heavy atom. The van der Waals surface area contributed by atoms with Crippen molar-refractivity contribution in [2.75, 3.05) is 19.7 Å². The lowest BCUT2D eigenvalue weighted by Crippen LogP contribution is -2.42. The summed E-state index contributed by atoms with van der Waals surface area (Å²) < 4.78 is 31.1. The molecule has 3 rings (SSSR count). The van der Waals surface area contributed by atoms with Gasteiger partial charge in [-0.15, -0.1) is 0 Å². The molecule has 0 radical (unpaired) electrons. The zero-order valence-electron chi connectivity index (χ0n) is 16.9. The van der Waals surface area contributed by atoms with Gasteiger partial charge >= 0.3 is 0 Å². The lowest BCUT2D eigenvalue weighted by molar-refractivity contribution is -0.132. The van der Waals surface area contributed by atoms with Crippen molar-refractivity contribution in [3.05, 3.63) is 60.2 Å².